The summed E-state index contributed by atoms with van der Waals surface area (Å²) in [5.41, 5.74) is 21.8. The molecule has 0 fully saturated rings. The summed E-state index contributed by atoms with van der Waals surface area (Å²) in [6.45, 7) is 3.53. The fourth-order valence-electron chi connectivity index (χ4n) is 0.727. The molecule has 0 heterocycles. The lowest BCUT2D eigenvalue weighted by Crippen LogP contribution is -2.22. The van der Waals surface area contributed by atoms with Crippen LogP contribution in [-0.4, -0.2) is 40.9 Å². The second-order valence-electron chi connectivity index (χ2n) is 3.34. The minimum absolute atomic E-state index is 0.0897. The molecule has 0 bridgehead atoms. The highest BCUT2D eigenvalue weighted by Crippen LogP contribution is 1.92. The average Bonchev–Trinajstić information content (AvgIpc) is 2.21. The van der Waals surface area contributed by atoms with Gasteiger partial charge in [-0.1, -0.05) is 0 Å². The predicted octanol–water partition coefficient (Wildman–Crippen LogP) is -1.98. The molecule has 0 amide bonds. The van der Waals surface area contributed by atoms with E-state index < -0.39 is 10.4 Å². The molecule has 0 spiro atoms. The van der Waals surface area contributed by atoms with Gasteiger partial charge in [-0.05, 0) is 13.8 Å². The second-order valence-corrected chi connectivity index (χ2v) is 4.24. The summed E-state index contributed by atoms with van der Waals surface area (Å²) in [6.07, 6.45) is 0.494. The molecule has 0 atom stereocenters. The van der Waals surface area contributed by atoms with Crippen molar-refractivity contribution in [3.8, 4) is 0 Å². The highest BCUT2D eigenvalue weighted by molar-refractivity contribution is 7.79. The summed E-state index contributed by atoms with van der Waals surface area (Å²) < 4.78 is 31.6. The van der Waals surface area contributed by atoms with Crippen molar-refractivity contribution in [1.29, 1.82) is 0 Å². The fraction of sp³-hybridized carbons (Fsp3) is 0.429. The highest BCUT2D eigenvalue weighted by Gasteiger charge is 1.95. The maximum absolute atomic E-state index is 8.74. The summed E-state index contributed by atoms with van der Waals surface area (Å²) >= 11 is 0. The van der Waals surface area contributed by atoms with Gasteiger partial charge in [0.25, 0.3) is 0 Å². The molecule has 20 heavy (non-hydrogen) atoms. The Morgan fingerprint density at radius 1 is 0.850 bits per heavy atom. The molecule has 12 nitrogen and oxygen atoms in total. The maximum Gasteiger partial charge on any atom is 0.394 e. The molecule has 10 N–H and O–H groups in total. The third kappa shape index (κ3) is 24.8. The normalized spacial score (nSPS) is 12.0. The van der Waals surface area contributed by atoms with Crippen LogP contribution < -0.4 is 22.9 Å². The van der Waals surface area contributed by atoms with Gasteiger partial charge in [0.1, 0.15) is 0 Å². The minimum atomic E-state index is -4.67. The molecule has 0 aliphatic rings. The lowest BCUT2D eigenvalue weighted by Gasteiger charge is -1.96. The summed E-state index contributed by atoms with van der Waals surface area (Å²) in [5.74, 6) is -0.179. The highest BCUT2D eigenvalue weighted by atomic mass is 32.3. The molecule has 0 radical (unpaired) electrons. The van der Waals surface area contributed by atoms with E-state index in [0.717, 1.165) is 0 Å². The van der Waals surface area contributed by atoms with Crippen LogP contribution in [-0.2, 0) is 10.4 Å². The molecule has 0 saturated heterocycles. The van der Waals surface area contributed by atoms with Crippen LogP contribution >= 0.6 is 0 Å². The molecular formula is C7H18N8O4S. The van der Waals surface area contributed by atoms with E-state index in [1.165, 1.54) is 0 Å². The average molecular weight is 310 g/mol. The molecule has 0 unspecified atom stereocenters. The van der Waals surface area contributed by atoms with Crippen LogP contribution in [0.4, 0.5) is 0 Å². The zero-order chi connectivity index (χ0) is 16.3. The van der Waals surface area contributed by atoms with Crippen molar-refractivity contribution in [2.45, 2.75) is 20.3 Å². The maximum atomic E-state index is 8.74. The Balaban J connectivity index is 0. The SMILES string of the molecule is CC(C/C(C)=N\N=C(N)N)=NN=C(N)N.O=S(=O)(O)O. The van der Waals surface area contributed by atoms with Gasteiger partial charge in [0.2, 0.25) is 11.9 Å². The van der Waals surface area contributed by atoms with Crippen molar-refractivity contribution in [3.63, 3.8) is 0 Å². The Bertz CT molecular complexity index is 473. The predicted molar refractivity (Wildman–Crippen MR) is 76.6 cm³/mol. The monoisotopic (exact) mass is 310 g/mol. The van der Waals surface area contributed by atoms with E-state index in [0.29, 0.717) is 17.8 Å². The van der Waals surface area contributed by atoms with E-state index in [1.54, 1.807) is 13.8 Å². The standard InChI is InChI=1S/C7H16N8.H2O4S/c1-4(12-14-6(8)9)3-5(2)13-15-7(10)11;1-5(2,3)4/h3H2,1-2H3,(H4,8,9,14)(H4,10,11,15);(H2,1,2,3,4)/b12-4-,13-5?;. The first-order valence-electron chi connectivity index (χ1n) is 4.85. The van der Waals surface area contributed by atoms with E-state index in [1.807, 2.05) is 0 Å². The van der Waals surface area contributed by atoms with Gasteiger partial charge in [-0.2, -0.15) is 18.6 Å². The van der Waals surface area contributed by atoms with Crippen LogP contribution in [0.3, 0.4) is 0 Å². The van der Waals surface area contributed by atoms with Crippen LogP contribution in [0.2, 0.25) is 0 Å². The van der Waals surface area contributed by atoms with Gasteiger partial charge in [-0.15, -0.1) is 10.2 Å². The summed E-state index contributed by atoms with van der Waals surface area (Å²) in [7, 11) is -4.67. The first-order valence-corrected chi connectivity index (χ1v) is 6.25. The number of rotatable bonds is 4. The van der Waals surface area contributed by atoms with Crippen LogP contribution in [0, 0.1) is 0 Å². The van der Waals surface area contributed by atoms with Crippen molar-refractivity contribution < 1.29 is 17.5 Å². The number of nitrogens with zero attached hydrogens (tertiary/aromatic N) is 4. The fourth-order valence-corrected chi connectivity index (χ4v) is 0.727. The van der Waals surface area contributed by atoms with Gasteiger partial charge < -0.3 is 22.9 Å². The Labute approximate surface area is 115 Å². The largest absolute Gasteiger partial charge is 0.394 e. The van der Waals surface area contributed by atoms with Gasteiger partial charge in [0.05, 0.1) is 0 Å². The smallest absolute Gasteiger partial charge is 0.369 e. The van der Waals surface area contributed by atoms with Gasteiger partial charge in [0.15, 0.2) is 0 Å². The molecule has 0 aliphatic carbocycles. The molecule has 0 aromatic heterocycles. The van der Waals surface area contributed by atoms with Gasteiger partial charge in [0, 0.05) is 17.8 Å². The zero-order valence-corrected chi connectivity index (χ0v) is 11.7. The van der Waals surface area contributed by atoms with Crippen molar-refractivity contribution in [3.05, 3.63) is 0 Å². The Morgan fingerprint density at radius 3 is 1.30 bits per heavy atom. The summed E-state index contributed by atoms with van der Waals surface area (Å²) in [5, 5.41) is 14.5. The number of hydrogen-bond acceptors (Lipinski definition) is 6. The van der Waals surface area contributed by atoms with Gasteiger partial charge in [-0.25, -0.2) is 0 Å². The van der Waals surface area contributed by atoms with E-state index in [-0.39, 0.29) is 11.9 Å². The molecule has 0 aromatic rings. The van der Waals surface area contributed by atoms with Gasteiger partial charge >= 0.3 is 10.4 Å². The lowest BCUT2D eigenvalue weighted by molar-refractivity contribution is 0.381. The Hall–Kier alpha value is -2.25. The first kappa shape index (κ1) is 20.1. The Kier molecular flexibility index (Phi) is 9.69. The van der Waals surface area contributed by atoms with Crippen LogP contribution in [0.25, 0.3) is 0 Å². The summed E-state index contributed by atoms with van der Waals surface area (Å²) in [6, 6.07) is 0. The van der Waals surface area contributed by atoms with Crippen LogP contribution in [0.5, 0.6) is 0 Å². The molecule has 0 rings (SSSR count). The van der Waals surface area contributed by atoms with Crippen molar-refractivity contribution in [2.24, 2.45) is 43.3 Å². The van der Waals surface area contributed by atoms with Crippen LogP contribution in [0.1, 0.15) is 20.3 Å². The third-order valence-electron chi connectivity index (χ3n) is 1.18. The molecule has 0 aromatic carbocycles. The molecule has 0 saturated carbocycles. The van der Waals surface area contributed by atoms with E-state index in [2.05, 4.69) is 20.4 Å². The molecular weight excluding hydrogens is 292 g/mol. The van der Waals surface area contributed by atoms with E-state index >= 15 is 0 Å². The van der Waals surface area contributed by atoms with Crippen molar-refractivity contribution in [1.82, 2.24) is 0 Å². The minimum Gasteiger partial charge on any atom is -0.369 e. The van der Waals surface area contributed by atoms with Crippen molar-refractivity contribution >= 4 is 33.7 Å². The first-order chi connectivity index (χ1) is 8.91. The number of guanidine groups is 2. The quantitative estimate of drug-likeness (QED) is 0.147. The molecule has 13 heteroatoms. The zero-order valence-electron chi connectivity index (χ0n) is 10.9. The Morgan fingerprint density at radius 2 is 1.10 bits per heavy atom. The topological polar surface area (TPSA) is 228 Å². The van der Waals surface area contributed by atoms with Gasteiger partial charge in [-0.3, -0.25) is 9.11 Å². The molecule has 116 valence electrons. The second kappa shape index (κ2) is 9.65. The number of hydrogen-bond donors (Lipinski definition) is 6. The summed E-state index contributed by atoms with van der Waals surface area (Å²) in [4.78, 5) is 0. The third-order valence-corrected chi connectivity index (χ3v) is 1.18. The number of nitrogens with two attached hydrogens (primary N) is 4. The molecule has 0 aliphatic heterocycles. The van der Waals surface area contributed by atoms with E-state index in [9.17, 15) is 0 Å². The lowest BCUT2D eigenvalue weighted by atomic mass is 10.2. The van der Waals surface area contributed by atoms with Crippen LogP contribution in [0.15, 0.2) is 20.4 Å². The van der Waals surface area contributed by atoms with Crippen molar-refractivity contribution in [2.75, 3.05) is 0 Å². The van der Waals surface area contributed by atoms with E-state index in [4.69, 9.17) is 40.5 Å².